The molecule has 0 saturated carbocycles. The van der Waals surface area contributed by atoms with Crippen LogP contribution in [0.15, 0.2) is 0 Å². The Morgan fingerprint density at radius 3 is 2.72 bits per heavy atom. The standard InChI is InChI=1S/C12H19NO5/c1-17-8-6-9(12(15)16)13(7-8)11(14)10-4-2-3-5-18-10/h8-10H,2-7H2,1H3,(H,15,16). The Morgan fingerprint density at radius 2 is 2.17 bits per heavy atom. The molecule has 1 amide bonds. The number of amides is 1. The minimum absolute atomic E-state index is 0.196. The summed E-state index contributed by atoms with van der Waals surface area (Å²) in [6, 6.07) is -0.784. The molecule has 6 heteroatoms. The number of ether oxygens (including phenoxy) is 2. The van der Waals surface area contributed by atoms with E-state index in [2.05, 4.69) is 0 Å². The van der Waals surface area contributed by atoms with Crippen molar-refractivity contribution in [2.45, 2.75) is 43.9 Å². The van der Waals surface area contributed by atoms with Crippen LogP contribution in [0, 0.1) is 0 Å². The van der Waals surface area contributed by atoms with E-state index in [1.165, 1.54) is 12.0 Å². The predicted octanol–water partition coefficient (Wildman–Crippen LogP) is 0.256. The van der Waals surface area contributed by atoms with Crippen molar-refractivity contribution in [1.82, 2.24) is 4.90 Å². The van der Waals surface area contributed by atoms with Crippen LogP contribution in [0.25, 0.3) is 0 Å². The summed E-state index contributed by atoms with van der Waals surface area (Å²) < 4.78 is 10.6. The summed E-state index contributed by atoms with van der Waals surface area (Å²) in [6.45, 7) is 0.919. The number of hydrogen-bond donors (Lipinski definition) is 1. The highest BCUT2D eigenvalue weighted by molar-refractivity contribution is 5.87. The van der Waals surface area contributed by atoms with Gasteiger partial charge in [-0.3, -0.25) is 4.79 Å². The molecule has 2 rings (SSSR count). The lowest BCUT2D eigenvalue weighted by Crippen LogP contribution is -2.47. The van der Waals surface area contributed by atoms with Crippen LogP contribution in [0.1, 0.15) is 25.7 Å². The lowest BCUT2D eigenvalue weighted by Gasteiger charge is -2.28. The number of likely N-dealkylation sites (tertiary alicyclic amines) is 1. The first-order valence-corrected chi connectivity index (χ1v) is 6.31. The number of carboxylic acid groups (broad SMARTS) is 1. The molecular formula is C12H19NO5. The number of nitrogens with zero attached hydrogens (tertiary/aromatic N) is 1. The second kappa shape index (κ2) is 5.67. The quantitative estimate of drug-likeness (QED) is 0.784. The summed E-state index contributed by atoms with van der Waals surface area (Å²) in [5, 5.41) is 9.15. The third-order valence-corrected chi connectivity index (χ3v) is 3.62. The third-order valence-electron chi connectivity index (χ3n) is 3.62. The van der Waals surface area contributed by atoms with Gasteiger partial charge in [-0.2, -0.15) is 0 Å². The zero-order chi connectivity index (χ0) is 13.1. The Labute approximate surface area is 106 Å². The van der Waals surface area contributed by atoms with Crippen molar-refractivity contribution in [3.05, 3.63) is 0 Å². The summed E-state index contributed by atoms with van der Waals surface area (Å²) in [7, 11) is 1.54. The maximum Gasteiger partial charge on any atom is 0.326 e. The van der Waals surface area contributed by atoms with Gasteiger partial charge in [0.25, 0.3) is 5.91 Å². The first kappa shape index (κ1) is 13.3. The highest BCUT2D eigenvalue weighted by atomic mass is 16.5. The van der Waals surface area contributed by atoms with Crippen molar-refractivity contribution < 1.29 is 24.2 Å². The molecule has 0 bridgehead atoms. The number of carbonyl (C=O) groups excluding carboxylic acids is 1. The largest absolute Gasteiger partial charge is 0.480 e. The highest BCUT2D eigenvalue weighted by Gasteiger charge is 2.42. The maximum absolute atomic E-state index is 12.3. The van der Waals surface area contributed by atoms with Crippen molar-refractivity contribution in [3.63, 3.8) is 0 Å². The molecule has 102 valence electrons. The topological polar surface area (TPSA) is 76.1 Å². The van der Waals surface area contributed by atoms with E-state index in [-0.39, 0.29) is 12.0 Å². The molecule has 0 radical (unpaired) electrons. The predicted molar refractivity (Wildman–Crippen MR) is 62.1 cm³/mol. The van der Waals surface area contributed by atoms with Crippen molar-refractivity contribution in [2.24, 2.45) is 0 Å². The van der Waals surface area contributed by atoms with Crippen LogP contribution in [0.5, 0.6) is 0 Å². The van der Waals surface area contributed by atoms with Crippen LogP contribution in [0.4, 0.5) is 0 Å². The van der Waals surface area contributed by atoms with Gasteiger partial charge in [-0.05, 0) is 19.3 Å². The number of hydrogen-bond acceptors (Lipinski definition) is 4. The lowest BCUT2D eigenvalue weighted by molar-refractivity contribution is -0.155. The van der Waals surface area contributed by atoms with E-state index in [4.69, 9.17) is 14.6 Å². The van der Waals surface area contributed by atoms with Gasteiger partial charge >= 0.3 is 5.97 Å². The summed E-state index contributed by atoms with van der Waals surface area (Å²) >= 11 is 0. The molecule has 0 aromatic heterocycles. The van der Waals surface area contributed by atoms with Gasteiger partial charge in [0, 0.05) is 26.7 Å². The Bertz CT molecular complexity index is 326. The molecule has 2 heterocycles. The molecule has 1 N–H and O–H groups in total. The van der Waals surface area contributed by atoms with E-state index in [1.807, 2.05) is 0 Å². The molecule has 3 unspecified atom stereocenters. The number of rotatable bonds is 3. The maximum atomic E-state index is 12.3. The van der Waals surface area contributed by atoms with Crippen molar-refractivity contribution in [2.75, 3.05) is 20.3 Å². The normalized spacial score (nSPS) is 32.5. The van der Waals surface area contributed by atoms with Crippen molar-refractivity contribution in [1.29, 1.82) is 0 Å². The van der Waals surface area contributed by atoms with Crippen LogP contribution in [-0.4, -0.2) is 60.4 Å². The van der Waals surface area contributed by atoms with E-state index in [9.17, 15) is 9.59 Å². The SMILES string of the molecule is COC1CC(C(=O)O)N(C(=O)C2CCCCO2)C1. The summed E-state index contributed by atoms with van der Waals surface area (Å²) in [4.78, 5) is 24.8. The first-order chi connectivity index (χ1) is 8.63. The minimum atomic E-state index is -0.973. The molecule has 6 nitrogen and oxygen atoms in total. The Balaban J connectivity index is 2.04. The molecule has 0 aliphatic carbocycles. The van der Waals surface area contributed by atoms with Gasteiger partial charge in [0.1, 0.15) is 12.1 Å². The molecule has 2 saturated heterocycles. The monoisotopic (exact) mass is 257 g/mol. The number of methoxy groups -OCH3 is 1. The van der Waals surface area contributed by atoms with Gasteiger partial charge in [0.15, 0.2) is 0 Å². The second-order valence-electron chi connectivity index (χ2n) is 4.79. The van der Waals surface area contributed by atoms with Gasteiger partial charge in [-0.25, -0.2) is 4.79 Å². The van der Waals surface area contributed by atoms with Crippen molar-refractivity contribution in [3.8, 4) is 0 Å². The van der Waals surface area contributed by atoms with E-state index < -0.39 is 18.1 Å². The zero-order valence-corrected chi connectivity index (χ0v) is 10.5. The molecule has 0 aromatic rings. The fourth-order valence-electron chi connectivity index (χ4n) is 2.57. The van der Waals surface area contributed by atoms with Crippen LogP contribution in [0.2, 0.25) is 0 Å². The Morgan fingerprint density at radius 1 is 1.39 bits per heavy atom. The molecule has 2 fully saturated rings. The number of carbonyl (C=O) groups is 2. The third kappa shape index (κ3) is 2.64. The van der Waals surface area contributed by atoms with Crippen LogP contribution in [-0.2, 0) is 19.1 Å². The summed E-state index contributed by atoms with van der Waals surface area (Å²) in [5.41, 5.74) is 0. The summed E-state index contributed by atoms with van der Waals surface area (Å²) in [5.74, 6) is -1.18. The summed E-state index contributed by atoms with van der Waals surface area (Å²) in [6.07, 6.45) is 2.28. The van der Waals surface area contributed by atoms with Crippen LogP contribution >= 0.6 is 0 Å². The molecule has 0 aromatic carbocycles. The highest BCUT2D eigenvalue weighted by Crippen LogP contribution is 2.24. The molecule has 0 spiro atoms. The smallest absolute Gasteiger partial charge is 0.326 e. The van der Waals surface area contributed by atoms with E-state index in [1.54, 1.807) is 0 Å². The fourth-order valence-corrected chi connectivity index (χ4v) is 2.57. The van der Waals surface area contributed by atoms with E-state index in [0.717, 1.165) is 12.8 Å². The molecule has 3 atom stereocenters. The van der Waals surface area contributed by atoms with Crippen molar-refractivity contribution >= 4 is 11.9 Å². The molecular weight excluding hydrogens is 238 g/mol. The fraction of sp³-hybridized carbons (Fsp3) is 0.833. The first-order valence-electron chi connectivity index (χ1n) is 6.31. The molecule has 18 heavy (non-hydrogen) atoms. The van der Waals surface area contributed by atoms with Gasteiger partial charge in [0.05, 0.1) is 6.10 Å². The average molecular weight is 257 g/mol. The lowest BCUT2D eigenvalue weighted by atomic mass is 10.1. The van der Waals surface area contributed by atoms with Crippen LogP contribution in [0.3, 0.4) is 0 Å². The van der Waals surface area contributed by atoms with Gasteiger partial charge in [0.2, 0.25) is 0 Å². The Hall–Kier alpha value is -1.14. The number of aliphatic carboxylic acids is 1. The van der Waals surface area contributed by atoms with E-state index >= 15 is 0 Å². The molecule has 2 aliphatic rings. The minimum Gasteiger partial charge on any atom is -0.480 e. The van der Waals surface area contributed by atoms with Gasteiger partial charge < -0.3 is 19.5 Å². The van der Waals surface area contributed by atoms with Crippen LogP contribution < -0.4 is 0 Å². The Kier molecular flexibility index (Phi) is 4.19. The van der Waals surface area contributed by atoms with Gasteiger partial charge in [-0.15, -0.1) is 0 Å². The van der Waals surface area contributed by atoms with E-state index in [0.29, 0.717) is 26.0 Å². The average Bonchev–Trinajstić information content (AvgIpc) is 2.83. The molecule has 2 aliphatic heterocycles. The van der Waals surface area contributed by atoms with Gasteiger partial charge in [-0.1, -0.05) is 0 Å². The zero-order valence-electron chi connectivity index (χ0n) is 10.5. The second-order valence-corrected chi connectivity index (χ2v) is 4.79. The number of carboxylic acids is 1.